The minimum atomic E-state index is 0.144. The largest absolute Gasteiger partial charge is 0.342 e. The van der Waals surface area contributed by atoms with E-state index in [1.165, 1.54) is 5.56 Å². The summed E-state index contributed by atoms with van der Waals surface area (Å²) in [6.45, 7) is 4.39. The highest BCUT2D eigenvalue weighted by atomic mass is 35.5. The number of aromatic nitrogens is 1. The SMILES string of the molecule is N=C(c1ccc(Cl)cc1)C1CCN(C(=O)C2CCN(Cc3ccncc3)CC2)CC1. The number of amides is 1. The predicted molar refractivity (Wildman–Crippen MR) is 120 cm³/mol. The number of likely N-dealkylation sites (tertiary alicyclic amines) is 2. The summed E-state index contributed by atoms with van der Waals surface area (Å²) in [6.07, 6.45) is 7.28. The zero-order valence-electron chi connectivity index (χ0n) is 17.3. The fraction of sp³-hybridized carbons (Fsp3) is 0.458. The molecule has 2 aliphatic rings. The second-order valence-corrected chi connectivity index (χ2v) is 8.86. The number of carbonyl (C=O) groups excluding carboxylic acids is 1. The van der Waals surface area contributed by atoms with Crippen LogP contribution in [0, 0.1) is 17.2 Å². The second kappa shape index (κ2) is 9.71. The van der Waals surface area contributed by atoms with Crippen molar-refractivity contribution in [2.75, 3.05) is 26.2 Å². The minimum Gasteiger partial charge on any atom is -0.342 e. The fourth-order valence-corrected chi connectivity index (χ4v) is 4.72. The molecule has 0 unspecified atom stereocenters. The van der Waals surface area contributed by atoms with Crippen molar-refractivity contribution in [1.82, 2.24) is 14.8 Å². The first kappa shape index (κ1) is 21.0. The van der Waals surface area contributed by atoms with E-state index in [0.717, 1.165) is 64.0 Å². The molecule has 3 heterocycles. The molecule has 1 aromatic heterocycles. The Labute approximate surface area is 183 Å². The van der Waals surface area contributed by atoms with Crippen LogP contribution >= 0.6 is 11.6 Å². The van der Waals surface area contributed by atoms with Crippen LogP contribution in [0.4, 0.5) is 0 Å². The smallest absolute Gasteiger partial charge is 0.225 e. The van der Waals surface area contributed by atoms with E-state index in [1.807, 2.05) is 41.6 Å². The molecule has 1 amide bonds. The lowest BCUT2D eigenvalue weighted by Gasteiger charge is -2.37. The molecule has 4 rings (SSSR count). The third-order valence-corrected chi connectivity index (χ3v) is 6.71. The van der Waals surface area contributed by atoms with Gasteiger partial charge in [-0.25, -0.2) is 0 Å². The van der Waals surface area contributed by atoms with Crippen molar-refractivity contribution >= 4 is 23.2 Å². The van der Waals surface area contributed by atoms with Crippen molar-refractivity contribution in [3.05, 3.63) is 64.9 Å². The summed E-state index contributed by atoms with van der Waals surface area (Å²) >= 11 is 5.96. The van der Waals surface area contributed by atoms with Crippen LogP contribution in [0.2, 0.25) is 5.02 Å². The Balaban J connectivity index is 1.24. The summed E-state index contributed by atoms with van der Waals surface area (Å²) in [5, 5.41) is 9.22. The summed E-state index contributed by atoms with van der Waals surface area (Å²) in [5.41, 5.74) is 2.88. The number of hydrogen-bond acceptors (Lipinski definition) is 4. The molecule has 2 aromatic rings. The minimum absolute atomic E-state index is 0.144. The van der Waals surface area contributed by atoms with E-state index in [2.05, 4.69) is 22.0 Å². The van der Waals surface area contributed by atoms with Crippen LogP contribution in [0.5, 0.6) is 0 Å². The molecule has 2 fully saturated rings. The predicted octanol–water partition coefficient (Wildman–Crippen LogP) is 4.25. The van der Waals surface area contributed by atoms with Gasteiger partial charge in [0.15, 0.2) is 0 Å². The number of hydrogen-bond donors (Lipinski definition) is 1. The van der Waals surface area contributed by atoms with Gasteiger partial charge >= 0.3 is 0 Å². The quantitative estimate of drug-likeness (QED) is 0.729. The Bertz CT molecular complexity index is 855. The number of carbonyl (C=O) groups is 1. The number of halogens is 1. The number of rotatable bonds is 5. The molecule has 0 aliphatic carbocycles. The molecule has 1 N–H and O–H groups in total. The molecule has 30 heavy (non-hydrogen) atoms. The molecule has 0 saturated carbocycles. The van der Waals surface area contributed by atoms with Crippen LogP contribution in [-0.2, 0) is 11.3 Å². The average molecular weight is 425 g/mol. The summed E-state index contributed by atoms with van der Waals surface area (Å²) in [6, 6.07) is 11.6. The van der Waals surface area contributed by atoms with Crippen molar-refractivity contribution in [3.63, 3.8) is 0 Å². The van der Waals surface area contributed by atoms with Crippen LogP contribution in [-0.4, -0.2) is 52.6 Å². The first-order chi connectivity index (χ1) is 14.6. The van der Waals surface area contributed by atoms with Crippen molar-refractivity contribution in [2.45, 2.75) is 32.2 Å². The summed E-state index contributed by atoms with van der Waals surface area (Å²) in [7, 11) is 0. The lowest BCUT2D eigenvalue weighted by Crippen LogP contribution is -2.46. The van der Waals surface area contributed by atoms with Gasteiger partial charge in [-0.05, 0) is 74.2 Å². The normalized spacial score (nSPS) is 19.0. The van der Waals surface area contributed by atoms with E-state index in [1.54, 1.807) is 0 Å². The summed E-state index contributed by atoms with van der Waals surface area (Å²) < 4.78 is 0. The van der Waals surface area contributed by atoms with E-state index >= 15 is 0 Å². The van der Waals surface area contributed by atoms with Gasteiger partial charge in [0.2, 0.25) is 5.91 Å². The topological polar surface area (TPSA) is 60.3 Å². The number of nitrogens with one attached hydrogen (secondary N) is 1. The second-order valence-electron chi connectivity index (χ2n) is 8.43. The molecule has 0 spiro atoms. The van der Waals surface area contributed by atoms with Crippen LogP contribution in [0.1, 0.15) is 36.8 Å². The molecule has 1 aromatic carbocycles. The van der Waals surface area contributed by atoms with Crippen molar-refractivity contribution in [3.8, 4) is 0 Å². The Morgan fingerprint density at radius 1 is 0.933 bits per heavy atom. The number of benzene rings is 1. The standard InChI is InChI=1S/C24H29ClN4O/c25-22-3-1-19(2-4-22)23(26)20-9-15-29(16-10-20)24(30)21-7-13-28(14-8-21)17-18-5-11-27-12-6-18/h1-6,11-12,20-21,26H,7-10,13-17H2. The van der Waals surface area contributed by atoms with E-state index in [0.29, 0.717) is 16.6 Å². The van der Waals surface area contributed by atoms with Crippen LogP contribution < -0.4 is 0 Å². The van der Waals surface area contributed by atoms with Gasteiger partial charge in [0.25, 0.3) is 0 Å². The Hall–Kier alpha value is -2.24. The highest BCUT2D eigenvalue weighted by Crippen LogP contribution is 2.26. The third-order valence-electron chi connectivity index (χ3n) is 6.46. The maximum absolute atomic E-state index is 13.0. The highest BCUT2D eigenvalue weighted by molar-refractivity contribution is 6.30. The van der Waals surface area contributed by atoms with Gasteiger partial charge in [-0.1, -0.05) is 23.7 Å². The van der Waals surface area contributed by atoms with Gasteiger partial charge in [0.1, 0.15) is 0 Å². The van der Waals surface area contributed by atoms with Gasteiger partial charge in [0.05, 0.1) is 0 Å². The lowest BCUT2D eigenvalue weighted by atomic mass is 9.87. The van der Waals surface area contributed by atoms with Crippen LogP contribution in [0.25, 0.3) is 0 Å². The molecule has 158 valence electrons. The molecule has 2 aliphatic heterocycles. The van der Waals surface area contributed by atoms with Crippen molar-refractivity contribution in [2.24, 2.45) is 11.8 Å². The Kier molecular flexibility index (Phi) is 6.80. The molecule has 5 nitrogen and oxygen atoms in total. The summed E-state index contributed by atoms with van der Waals surface area (Å²) in [4.78, 5) is 21.6. The molecule has 0 atom stereocenters. The van der Waals surface area contributed by atoms with Gasteiger partial charge in [-0.15, -0.1) is 0 Å². The van der Waals surface area contributed by atoms with Crippen LogP contribution in [0.3, 0.4) is 0 Å². The third kappa shape index (κ3) is 5.08. The lowest BCUT2D eigenvalue weighted by molar-refractivity contribution is -0.138. The molecule has 6 heteroatoms. The van der Waals surface area contributed by atoms with Crippen molar-refractivity contribution in [1.29, 1.82) is 5.41 Å². The molecular weight excluding hydrogens is 396 g/mol. The van der Waals surface area contributed by atoms with E-state index in [4.69, 9.17) is 17.0 Å². The molecular formula is C24H29ClN4O. The number of nitrogens with zero attached hydrogens (tertiary/aromatic N) is 3. The van der Waals surface area contributed by atoms with Gasteiger partial charge < -0.3 is 10.3 Å². The van der Waals surface area contributed by atoms with Crippen molar-refractivity contribution < 1.29 is 4.79 Å². The number of piperidine rings is 2. The Morgan fingerprint density at radius 2 is 1.53 bits per heavy atom. The first-order valence-corrected chi connectivity index (χ1v) is 11.2. The molecule has 2 saturated heterocycles. The highest BCUT2D eigenvalue weighted by Gasteiger charge is 2.32. The van der Waals surface area contributed by atoms with Gasteiger partial charge in [0, 0.05) is 54.6 Å². The number of pyridine rings is 1. The summed E-state index contributed by atoms with van der Waals surface area (Å²) in [5.74, 6) is 0.679. The Morgan fingerprint density at radius 3 is 2.17 bits per heavy atom. The zero-order valence-corrected chi connectivity index (χ0v) is 18.0. The monoisotopic (exact) mass is 424 g/mol. The average Bonchev–Trinajstić information content (AvgIpc) is 2.80. The van der Waals surface area contributed by atoms with E-state index in [-0.39, 0.29) is 11.8 Å². The molecule has 0 radical (unpaired) electrons. The maximum atomic E-state index is 13.0. The maximum Gasteiger partial charge on any atom is 0.225 e. The molecule has 0 bridgehead atoms. The van der Waals surface area contributed by atoms with Gasteiger partial charge in [-0.3, -0.25) is 14.7 Å². The van der Waals surface area contributed by atoms with E-state index in [9.17, 15) is 4.79 Å². The van der Waals surface area contributed by atoms with Gasteiger partial charge in [-0.2, -0.15) is 0 Å². The van der Waals surface area contributed by atoms with Crippen LogP contribution in [0.15, 0.2) is 48.8 Å². The zero-order chi connectivity index (χ0) is 20.9. The first-order valence-electron chi connectivity index (χ1n) is 10.8. The fourth-order valence-electron chi connectivity index (χ4n) is 4.60. The van der Waals surface area contributed by atoms with E-state index < -0.39 is 0 Å².